The van der Waals surface area contributed by atoms with Gasteiger partial charge in [0.2, 0.25) is 0 Å². The van der Waals surface area contributed by atoms with Gasteiger partial charge >= 0.3 is 41.5 Å². The molecule has 0 saturated carbocycles. The van der Waals surface area contributed by atoms with Gasteiger partial charge < -0.3 is 11.6 Å². The number of rotatable bonds is 19. The topological polar surface area (TPSA) is 74.6 Å². The van der Waals surface area contributed by atoms with Gasteiger partial charge in [0.1, 0.15) is 0 Å². The smallest absolute Gasteiger partial charge is 1.00 e. The summed E-state index contributed by atoms with van der Waals surface area (Å²) in [6.07, 6.45) is 19.9. The number of carboxylic acid groups (broad SMARTS) is 2. The molecular weight excluding hydrogens is 327 g/mol. The van der Waals surface area contributed by atoms with Crippen molar-refractivity contribution in [2.75, 3.05) is 0 Å². The molecule has 0 unspecified atom stereocenters. The Morgan fingerprint density at radius 2 is 0.600 bits per heavy atom. The molecular formula is C20H39NaO4. The zero-order valence-electron chi connectivity index (χ0n) is 17.4. The molecule has 0 rings (SSSR count). The van der Waals surface area contributed by atoms with Crippen molar-refractivity contribution in [3.05, 3.63) is 0 Å². The fourth-order valence-electron chi connectivity index (χ4n) is 3.03. The van der Waals surface area contributed by atoms with Gasteiger partial charge in [-0.15, -0.1) is 0 Å². The number of aliphatic carboxylic acids is 2. The molecule has 0 bridgehead atoms. The van der Waals surface area contributed by atoms with Crippen LogP contribution in [0.15, 0.2) is 0 Å². The Balaban J connectivity index is -0.00000264. The number of hydrogen-bond donors (Lipinski definition) is 2. The Morgan fingerprint density at radius 1 is 0.440 bits per heavy atom. The minimum atomic E-state index is -0.673. The molecule has 5 heteroatoms. The minimum absolute atomic E-state index is 0. The van der Waals surface area contributed by atoms with Gasteiger partial charge in [-0.1, -0.05) is 89.9 Å². The van der Waals surface area contributed by atoms with Crippen LogP contribution in [0.3, 0.4) is 0 Å². The van der Waals surface area contributed by atoms with Crippen LogP contribution in [-0.2, 0) is 9.59 Å². The average Bonchev–Trinajstić information content (AvgIpc) is 2.53. The van der Waals surface area contributed by atoms with Crippen LogP contribution >= 0.6 is 0 Å². The van der Waals surface area contributed by atoms with Gasteiger partial charge in [0.05, 0.1) is 0 Å². The van der Waals surface area contributed by atoms with Crippen molar-refractivity contribution in [1.82, 2.24) is 0 Å². The van der Waals surface area contributed by atoms with Crippen molar-refractivity contribution < 1.29 is 50.8 Å². The van der Waals surface area contributed by atoms with E-state index in [0.29, 0.717) is 12.8 Å². The molecule has 0 saturated heterocycles. The SMILES string of the molecule is O=C(O)CCCCCCCCCCCCCCCCCCC(=O)O.[H-].[Na+]. The van der Waals surface area contributed by atoms with Gasteiger partial charge in [0.15, 0.2) is 0 Å². The zero-order valence-corrected chi connectivity index (χ0v) is 18.4. The van der Waals surface area contributed by atoms with E-state index in [1.54, 1.807) is 0 Å². The summed E-state index contributed by atoms with van der Waals surface area (Å²) in [7, 11) is 0. The molecule has 0 aliphatic rings. The summed E-state index contributed by atoms with van der Waals surface area (Å²) in [5, 5.41) is 17.1. The summed E-state index contributed by atoms with van der Waals surface area (Å²) in [5.74, 6) is -1.35. The monoisotopic (exact) mass is 366 g/mol. The van der Waals surface area contributed by atoms with Crippen LogP contribution in [0, 0.1) is 0 Å². The van der Waals surface area contributed by atoms with E-state index in [4.69, 9.17) is 10.2 Å². The summed E-state index contributed by atoms with van der Waals surface area (Å²) >= 11 is 0. The van der Waals surface area contributed by atoms with E-state index in [1.165, 1.54) is 77.0 Å². The van der Waals surface area contributed by atoms with Crippen LogP contribution in [0.25, 0.3) is 0 Å². The predicted molar refractivity (Wildman–Crippen MR) is 99.5 cm³/mol. The van der Waals surface area contributed by atoms with Crippen LogP contribution in [0.2, 0.25) is 0 Å². The van der Waals surface area contributed by atoms with E-state index in [2.05, 4.69) is 0 Å². The van der Waals surface area contributed by atoms with Gasteiger partial charge in [-0.2, -0.15) is 0 Å². The van der Waals surface area contributed by atoms with Crippen LogP contribution in [0.1, 0.15) is 117 Å². The minimum Gasteiger partial charge on any atom is -1.00 e. The third kappa shape index (κ3) is 26.3. The Bertz CT molecular complexity index is 284. The maximum absolute atomic E-state index is 10.4. The standard InChI is InChI=1S/C20H38O4.Na.H/c21-19(22)17-15-13-11-9-7-5-3-1-2-4-6-8-10-12-14-16-18-20(23)24;;/h1-18H2,(H,21,22)(H,23,24);;/q;+1;-1. The quantitative estimate of drug-likeness (QED) is 0.272. The second-order valence-corrected chi connectivity index (χ2v) is 6.94. The number of unbranched alkanes of at least 4 members (excludes halogenated alkanes) is 15. The molecule has 0 aliphatic carbocycles. The maximum atomic E-state index is 10.4. The van der Waals surface area contributed by atoms with E-state index in [9.17, 15) is 9.59 Å². The summed E-state index contributed by atoms with van der Waals surface area (Å²) < 4.78 is 0. The van der Waals surface area contributed by atoms with Crippen LogP contribution < -0.4 is 29.6 Å². The molecule has 0 radical (unpaired) electrons. The number of hydrogen-bond acceptors (Lipinski definition) is 2. The van der Waals surface area contributed by atoms with E-state index in [-0.39, 0.29) is 31.0 Å². The molecule has 0 amide bonds. The molecule has 0 aromatic rings. The van der Waals surface area contributed by atoms with E-state index in [0.717, 1.165) is 25.7 Å². The summed E-state index contributed by atoms with van der Waals surface area (Å²) in [4.78, 5) is 20.7. The molecule has 4 nitrogen and oxygen atoms in total. The molecule has 0 atom stereocenters. The maximum Gasteiger partial charge on any atom is 1.00 e. The van der Waals surface area contributed by atoms with E-state index >= 15 is 0 Å². The molecule has 0 spiro atoms. The molecule has 2 N–H and O–H groups in total. The molecule has 0 aromatic carbocycles. The largest absolute Gasteiger partial charge is 1.00 e. The van der Waals surface area contributed by atoms with Gasteiger partial charge in [0.25, 0.3) is 0 Å². The first-order valence-corrected chi connectivity index (χ1v) is 10.1. The number of carboxylic acids is 2. The molecule has 0 aliphatic heterocycles. The second-order valence-electron chi connectivity index (χ2n) is 6.94. The van der Waals surface area contributed by atoms with E-state index in [1.807, 2.05) is 0 Å². The first kappa shape index (κ1) is 27.2. The van der Waals surface area contributed by atoms with Crippen molar-refractivity contribution in [2.24, 2.45) is 0 Å². The van der Waals surface area contributed by atoms with Gasteiger partial charge in [-0.25, -0.2) is 0 Å². The molecule has 0 fully saturated rings. The van der Waals surface area contributed by atoms with Crippen molar-refractivity contribution in [2.45, 2.75) is 116 Å². The first-order valence-electron chi connectivity index (χ1n) is 10.1. The molecule has 25 heavy (non-hydrogen) atoms. The summed E-state index contributed by atoms with van der Waals surface area (Å²) in [6.45, 7) is 0. The third-order valence-corrected chi connectivity index (χ3v) is 4.53. The fraction of sp³-hybridized carbons (Fsp3) is 0.900. The van der Waals surface area contributed by atoms with Crippen molar-refractivity contribution in [1.29, 1.82) is 0 Å². The Hall–Kier alpha value is -0.0600. The normalized spacial score (nSPS) is 10.4. The van der Waals surface area contributed by atoms with Crippen molar-refractivity contribution in [3.63, 3.8) is 0 Å². The van der Waals surface area contributed by atoms with Crippen LogP contribution in [0.4, 0.5) is 0 Å². The fourth-order valence-corrected chi connectivity index (χ4v) is 3.03. The van der Waals surface area contributed by atoms with Crippen molar-refractivity contribution in [3.8, 4) is 0 Å². The molecule has 0 heterocycles. The van der Waals surface area contributed by atoms with Gasteiger partial charge in [-0.3, -0.25) is 9.59 Å². The van der Waals surface area contributed by atoms with Crippen LogP contribution in [0.5, 0.6) is 0 Å². The van der Waals surface area contributed by atoms with Gasteiger partial charge in [0, 0.05) is 12.8 Å². The van der Waals surface area contributed by atoms with Crippen molar-refractivity contribution >= 4 is 11.9 Å². The zero-order chi connectivity index (χ0) is 17.9. The Morgan fingerprint density at radius 3 is 0.760 bits per heavy atom. The predicted octanol–water partition coefficient (Wildman–Crippen LogP) is 3.29. The number of carbonyl (C=O) groups is 2. The second kappa shape index (κ2) is 22.0. The Labute approximate surface area is 177 Å². The Kier molecular flexibility index (Phi) is 23.9. The van der Waals surface area contributed by atoms with E-state index < -0.39 is 11.9 Å². The molecule has 0 aromatic heterocycles. The summed E-state index contributed by atoms with van der Waals surface area (Å²) in [5.41, 5.74) is 0. The average molecular weight is 367 g/mol. The van der Waals surface area contributed by atoms with Gasteiger partial charge in [-0.05, 0) is 12.8 Å². The molecule has 144 valence electrons. The summed E-state index contributed by atoms with van der Waals surface area (Å²) in [6, 6.07) is 0. The third-order valence-electron chi connectivity index (χ3n) is 4.53. The van der Waals surface area contributed by atoms with Crippen LogP contribution in [-0.4, -0.2) is 22.2 Å². The first-order chi connectivity index (χ1) is 11.6.